The van der Waals surface area contributed by atoms with Crippen LogP contribution in [-0.2, 0) is 19.5 Å². The number of aryl methyl sites for hydroxylation is 1. The quantitative estimate of drug-likeness (QED) is 0.244. The Labute approximate surface area is 199 Å². The first kappa shape index (κ1) is 24.1. The molecule has 0 saturated heterocycles. The highest BCUT2D eigenvalue weighted by molar-refractivity contribution is 14.0. The molecule has 0 fully saturated rings. The molecule has 162 valence electrons. The van der Waals surface area contributed by atoms with Gasteiger partial charge in [0.05, 0.1) is 19.7 Å². The van der Waals surface area contributed by atoms with Gasteiger partial charge in [-0.15, -0.1) is 45.5 Å². The van der Waals surface area contributed by atoms with Crippen molar-refractivity contribution in [2.45, 2.75) is 39.4 Å². The van der Waals surface area contributed by atoms with Gasteiger partial charge < -0.3 is 19.9 Å². The Balaban J connectivity index is 0.00000320. The molecule has 0 aliphatic heterocycles. The third-order valence-corrected chi connectivity index (χ3v) is 5.59. The summed E-state index contributed by atoms with van der Waals surface area (Å²) in [6.07, 6.45) is 2.64. The van der Waals surface area contributed by atoms with Crippen LogP contribution in [0.5, 0.6) is 5.75 Å². The van der Waals surface area contributed by atoms with Crippen LogP contribution in [0.4, 0.5) is 0 Å². The van der Waals surface area contributed by atoms with Crippen LogP contribution >= 0.6 is 35.3 Å². The maximum absolute atomic E-state index is 5.31. The first-order valence-corrected chi connectivity index (χ1v) is 10.7. The minimum absolute atomic E-state index is 0. The molecular formula is C21H29IN6OS. The van der Waals surface area contributed by atoms with Crippen molar-refractivity contribution >= 4 is 41.3 Å². The number of methoxy groups -OCH3 is 1. The Hall–Kier alpha value is -2.14. The number of ether oxygens (including phenoxy) is 1. The van der Waals surface area contributed by atoms with Gasteiger partial charge in [0.2, 0.25) is 0 Å². The molecule has 0 spiro atoms. The van der Waals surface area contributed by atoms with Gasteiger partial charge in [0.1, 0.15) is 17.9 Å². The zero-order valence-corrected chi connectivity index (χ0v) is 20.7. The highest BCUT2D eigenvalue weighted by atomic mass is 127. The topological polar surface area (TPSA) is 76.4 Å². The summed E-state index contributed by atoms with van der Waals surface area (Å²) < 4.78 is 7.38. The van der Waals surface area contributed by atoms with E-state index < -0.39 is 0 Å². The molecule has 1 aromatic carbocycles. The molecule has 2 heterocycles. The fraction of sp³-hybridized carbons (Fsp3) is 0.381. The number of hydrogen-bond acceptors (Lipinski definition) is 5. The lowest BCUT2D eigenvalue weighted by molar-refractivity contribution is 0.414. The van der Waals surface area contributed by atoms with Crippen LogP contribution in [0.3, 0.4) is 0 Å². The molecule has 2 N–H and O–H groups in total. The van der Waals surface area contributed by atoms with Crippen molar-refractivity contribution in [3.63, 3.8) is 0 Å². The van der Waals surface area contributed by atoms with Crippen molar-refractivity contribution in [3.8, 4) is 5.75 Å². The first-order valence-electron chi connectivity index (χ1n) is 9.77. The number of rotatable bonds is 9. The number of benzene rings is 1. The molecule has 7 nitrogen and oxygen atoms in total. The van der Waals surface area contributed by atoms with E-state index >= 15 is 0 Å². The summed E-state index contributed by atoms with van der Waals surface area (Å²) in [6, 6.07) is 12.4. The second-order valence-corrected chi connectivity index (χ2v) is 7.60. The number of aromatic nitrogens is 3. The van der Waals surface area contributed by atoms with Crippen LogP contribution in [-0.4, -0.2) is 34.4 Å². The van der Waals surface area contributed by atoms with Gasteiger partial charge in [0, 0.05) is 24.4 Å². The van der Waals surface area contributed by atoms with E-state index in [2.05, 4.69) is 62.8 Å². The van der Waals surface area contributed by atoms with Gasteiger partial charge in [-0.05, 0) is 36.1 Å². The number of halogens is 1. The van der Waals surface area contributed by atoms with Crippen LogP contribution in [0.1, 0.15) is 36.2 Å². The lowest BCUT2D eigenvalue weighted by Gasteiger charge is -2.18. The van der Waals surface area contributed by atoms with E-state index in [-0.39, 0.29) is 30.0 Å². The SMILES string of the molecule is CCc1nncn1CCNC(=NCc1cccc(OC)c1)NC(C)c1cccs1.I. The van der Waals surface area contributed by atoms with Gasteiger partial charge in [-0.2, -0.15) is 0 Å². The summed E-state index contributed by atoms with van der Waals surface area (Å²) in [7, 11) is 1.68. The average molecular weight is 540 g/mol. The lowest BCUT2D eigenvalue weighted by atomic mass is 10.2. The Bertz CT molecular complexity index is 912. The summed E-state index contributed by atoms with van der Waals surface area (Å²) in [5.41, 5.74) is 1.10. The molecule has 30 heavy (non-hydrogen) atoms. The van der Waals surface area contributed by atoms with Gasteiger partial charge >= 0.3 is 0 Å². The standard InChI is InChI=1S/C21H28N6OS.HI/c1-4-20-26-24-15-27(20)11-10-22-21(25-16(2)19-9-6-12-29-19)23-14-17-7-5-8-18(13-17)28-3;/h5-9,12-13,15-16H,4,10-11,14H2,1-3H3,(H2,22,23,25);1H. The highest BCUT2D eigenvalue weighted by Gasteiger charge is 2.09. The molecule has 3 aromatic rings. The predicted molar refractivity (Wildman–Crippen MR) is 133 cm³/mol. The number of thiophene rings is 1. The van der Waals surface area contributed by atoms with Gasteiger partial charge in [0.25, 0.3) is 0 Å². The smallest absolute Gasteiger partial charge is 0.192 e. The third-order valence-electron chi connectivity index (χ3n) is 4.53. The van der Waals surface area contributed by atoms with E-state index in [0.717, 1.165) is 42.6 Å². The van der Waals surface area contributed by atoms with E-state index in [0.29, 0.717) is 6.54 Å². The minimum atomic E-state index is 0. The van der Waals surface area contributed by atoms with Crippen LogP contribution in [0.15, 0.2) is 53.1 Å². The second kappa shape index (κ2) is 12.5. The summed E-state index contributed by atoms with van der Waals surface area (Å²) in [6.45, 7) is 6.30. The largest absolute Gasteiger partial charge is 0.497 e. The monoisotopic (exact) mass is 540 g/mol. The van der Waals surface area contributed by atoms with Crippen LogP contribution in [0, 0.1) is 0 Å². The first-order chi connectivity index (χ1) is 14.2. The summed E-state index contributed by atoms with van der Waals surface area (Å²) in [4.78, 5) is 6.05. The number of hydrogen-bond donors (Lipinski definition) is 2. The number of nitrogens with zero attached hydrogens (tertiary/aromatic N) is 4. The van der Waals surface area contributed by atoms with Gasteiger partial charge in [0.15, 0.2) is 5.96 Å². The zero-order valence-electron chi connectivity index (χ0n) is 17.5. The molecule has 1 atom stereocenters. The molecule has 0 bridgehead atoms. The van der Waals surface area contributed by atoms with Crippen molar-refractivity contribution in [2.75, 3.05) is 13.7 Å². The maximum Gasteiger partial charge on any atom is 0.192 e. The summed E-state index contributed by atoms with van der Waals surface area (Å²) in [5.74, 6) is 2.60. The number of guanidine groups is 1. The Morgan fingerprint density at radius 2 is 2.17 bits per heavy atom. The molecule has 9 heteroatoms. The van der Waals surface area contributed by atoms with Crippen molar-refractivity contribution in [1.82, 2.24) is 25.4 Å². The van der Waals surface area contributed by atoms with Crippen LogP contribution in [0.25, 0.3) is 0 Å². The molecule has 0 aliphatic rings. The molecule has 1 unspecified atom stereocenters. The molecule has 2 aromatic heterocycles. The molecule has 0 saturated carbocycles. The Kier molecular flexibility index (Phi) is 10.1. The summed E-state index contributed by atoms with van der Waals surface area (Å²) in [5, 5.41) is 17.2. The van der Waals surface area contributed by atoms with Crippen LogP contribution < -0.4 is 15.4 Å². The Morgan fingerprint density at radius 3 is 2.90 bits per heavy atom. The van der Waals surface area contributed by atoms with E-state index in [9.17, 15) is 0 Å². The molecule has 0 amide bonds. The van der Waals surface area contributed by atoms with E-state index in [4.69, 9.17) is 9.73 Å². The van der Waals surface area contributed by atoms with E-state index in [1.807, 2.05) is 18.2 Å². The van der Waals surface area contributed by atoms with Crippen molar-refractivity contribution in [1.29, 1.82) is 0 Å². The van der Waals surface area contributed by atoms with Crippen molar-refractivity contribution < 1.29 is 4.74 Å². The van der Waals surface area contributed by atoms with Crippen molar-refractivity contribution in [3.05, 3.63) is 64.4 Å². The lowest BCUT2D eigenvalue weighted by Crippen LogP contribution is -2.40. The van der Waals surface area contributed by atoms with E-state index in [1.165, 1.54) is 4.88 Å². The maximum atomic E-state index is 5.31. The zero-order chi connectivity index (χ0) is 20.5. The fourth-order valence-corrected chi connectivity index (χ4v) is 3.68. The fourth-order valence-electron chi connectivity index (χ4n) is 2.94. The molecule has 3 rings (SSSR count). The minimum Gasteiger partial charge on any atom is -0.497 e. The van der Waals surface area contributed by atoms with Gasteiger partial charge in [-0.25, -0.2) is 4.99 Å². The molecule has 0 aliphatic carbocycles. The summed E-state index contributed by atoms with van der Waals surface area (Å²) >= 11 is 1.74. The normalized spacial score (nSPS) is 12.2. The van der Waals surface area contributed by atoms with Gasteiger partial charge in [-0.1, -0.05) is 25.1 Å². The molecule has 0 radical (unpaired) electrons. The second-order valence-electron chi connectivity index (χ2n) is 6.62. The van der Waals surface area contributed by atoms with Gasteiger partial charge in [-0.3, -0.25) is 0 Å². The molecular weight excluding hydrogens is 511 g/mol. The number of aliphatic imine (C=N–C) groups is 1. The third kappa shape index (κ3) is 6.98. The van der Waals surface area contributed by atoms with E-state index in [1.54, 1.807) is 24.8 Å². The van der Waals surface area contributed by atoms with Crippen molar-refractivity contribution in [2.24, 2.45) is 4.99 Å². The average Bonchev–Trinajstić information content (AvgIpc) is 3.44. The van der Waals surface area contributed by atoms with Crippen LogP contribution in [0.2, 0.25) is 0 Å². The Morgan fingerprint density at radius 1 is 1.30 bits per heavy atom. The highest BCUT2D eigenvalue weighted by Crippen LogP contribution is 2.18. The number of nitrogens with one attached hydrogen (secondary N) is 2. The predicted octanol–water partition coefficient (Wildman–Crippen LogP) is 4.03.